The van der Waals surface area contributed by atoms with Gasteiger partial charge in [-0.15, -0.1) is 0 Å². The molecule has 0 fully saturated rings. The summed E-state index contributed by atoms with van der Waals surface area (Å²) >= 11 is 0. The number of carbonyl (C=O) groups excluding carboxylic acids is 1. The van der Waals surface area contributed by atoms with Gasteiger partial charge in [-0.2, -0.15) is 0 Å². The summed E-state index contributed by atoms with van der Waals surface area (Å²) in [7, 11) is 0. The third kappa shape index (κ3) is 6.29. The van der Waals surface area contributed by atoms with Crippen LogP contribution in [-0.4, -0.2) is 29.6 Å². The summed E-state index contributed by atoms with van der Waals surface area (Å²) in [6, 6.07) is 6.53. The maximum atomic E-state index is 12.1. The molecule has 1 aromatic rings. The van der Waals surface area contributed by atoms with Crippen LogP contribution in [0.5, 0.6) is 5.75 Å². The lowest BCUT2D eigenvalue weighted by molar-refractivity contribution is -0.137. The molecule has 21 heavy (non-hydrogen) atoms. The van der Waals surface area contributed by atoms with Crippen LogP contribution in [-0.2, 0) is 4.79 Å². The maximum Gasteiger partial charge on any atom is 0.305 e. The summed E-state index contributed by atoms with van der Waals surface area (Å²) < 4.78 is 5.45. The van der Waals surface area contributed by atoms with Crippen molar-refractivity contribution in [3.05, 3.63) is 29.8 Å². The minimum absolute atomic E-state index is 0.0583. The van der Waals surface area contributed by atoms with Gasteiger partial charge in [0.1, 0.15) is 5.75 Å². The molecule has 0 radical (unpaired) electrons. The van der Waals surface area contributed by atoms with Gasteiger partial charge in [0.25, 0.3) is 5.91 Å². The molecule has 1 rings (SSSR count). The van der Waals surface area contributed by atoms with Crippen molar-refractivity contribution < 1.29 is 19.4 Å². The predicted octanol–water partition coefficient (Wildman–Crippen LogP) is 2.85. The van der Waals surface area contributed by atoms with Crippen molar-refractivity contribution in [1.82, 2.24) is 5.32 Å². The van der Waals surface area contributed by atoms with E-state index >= 15 is 0 Å². The van der Waals surface area contributed by atoms with Gasteiger partial charge < -0.3 is 15.2 Å². The highest BCUT2D eigenvalue weighted by molar-refractivity contribution is 5.94. The number of hydrogen-bond acceptors (Lipinski definition) is 3. The van der Waals surface area contributed by atoms with E-state index in [0.717, 1.165) is 18.6 Å². The molecule has 2 N–H and O–H groups in total. The molecule has 1 aromatic carbocycles. The van der Waals surface area contributed by atoms with E-state index in [0.29, 0.717) is 18.6 Å². The molecule has 116 valence electrons. The molecule has 1 unspecified atom stereocenters. The second kappa shape index (κ2) is 9.00. The van der Waals surface area contributed by atoms with E-state index in [9.17, 15) is 9.59 Å². The first-order chi connectivity index (χ1) is 10.1. The van der Waals surface area contributed by atoms with Crippen molar-refractivity contribution in [3.8, 4) is 5.75 Å². The van der Waals surface area contributed by atoms with Crippen LogP contribution >= 0.6 is 0 Å². The monoisotopic (exact) mass is 293 g/mol. The molecule has 1 atom stereocenters. The van der Waals surface area contributed by atoms with Gasteiger partial charge >= 0.3 is 5.97 Å². The Labute approximate surface area is 125 Å². The number of carboxylic acid groups (broad SMARTS) is 1. The summed E-state index contributed by atoms with van der Waals surface area (Å²) in [6.07, 6.45) is 2.34. The number of ether oxygens (including phenoxy) is 1. The molecule has 0 aromatic heterocycles. The first-order valence-electron chi connectivity index (χ1n) is 7.32. The Morgan fingerprint density at radius 1 is 1.19 bits per heavy atom. The minimum atomic E-state index is -0.905. The lowest BCUT2D eigenvalue weighted by Gasteiger charge is -2.16. The second-order valence-corrected chi connectivity index (χ2v) is 4.93. The molecule has 0 bridgehead atoms. The molecule has 0 aliphatic heterocycles. The van der Waals surface area contributed by atoms with Crippen molar-refractivity contribution in [2.75, 3.05) is 6.61 Å². The van der Waals surface area contributed by atoms with Gasteiger partial charge in [0, 0.05) is 11.6 Å². The number of carbonyl (C=O) groups is 2. The van der Waals surface area contributed by atoms with Gasteiger partial charge in [0.2, 0.25) is 0 Å². The van der Waals surface area contributed by atoms with Gasteiger partial charge in [0.15, 0.2) is 0 Å². The Balaban J connectivity index is 2.62. The molecule has 5 nitrogen and oxygen atoms in total. The number of carboxylic acids is 1. The van der Waals surface area contributed by atoms with Crippen LogP contribution in [0.25, 0.3) is 0 Å². The fourth-order valence-electron chi connectivity index (χ4n) is 1.98. The Bertz CT molecular complexity index is 456. The van der Waals surface area contributed by atoms with Crippen molar-refractivity contribution in [2.45, 2.75) is 45.6 Å². The van der Waals surface area contributed by atoms with Crippen molar-refractivity contribution in [1.29, 1.82) is 0 Å². The van der Waals surface area contributed by atoms with Crippen molar-refractivity contribution in [2.24, 2.45) is 0 Å². The molecule has 5 heteroatoms. The molecule has 0 heterocycles. The van der Waals surface area contributed by atoms with Gasteiger partial charge in [-0.1, -0.05) is 20.3 Å². The quantitative estimate of drug-likeness (QED) is 0.734. The van der Waals surface area contributed by atoms with E-state index in [1.54, 1.807) is 24.3 Å². The molecule has 0 saturated carbocycles. The zero-order valence-electron chi connectivity index (χ0n) is 12.6. The van der Waals surface area contributed by atoms with Crippen LogP contribution in [0.15, 0.2) is 24.3 Å². The van der Waals surface area contributed by atoms with E-state index in [2.05, 4.69) is 5.32 Å². The average Bonchev–Trinajstić information content (AvgIpc) is 2.45. The van der Waals surface area contributed by atoms with Crippen LogP contribution in [0.1, 0.15) is 49.9 Å². The Kier molecular flexibility index (Phi) is 7.29. The zero-order chi connectivity index (χ0) is 15.7. The summed E-state index contributed by atoms with van der Waals surface area (Å²) in [5.74, 6) is -0.433. The third-order valence-corrected chi connectivity index (χ3v) is 2.98. The van der Waals surface area contributed by atoms with Crippen LogP contribution < -0.4 is 10.1 Å². The van der Waals surface area contributed by atoms with Crippen LogP contribution in [0.3, 0.4) is 0 Å². The average molecular weight is 293 g/mol. The van der Waals surface area contributed by atoms with Crippen LogP contribution in [0.4, 0.5) is 0 Å². The van der Waals surface area contributed by atoms with E-state index in [1.165, 1.54) is 0 Å². The Morgan fingerprint density at radius 3 is 2.38 bits per heavy atom. The molecular formula is C16H23NO4. The number of nitrogens with one attached hydrogen (secondary N) is 1. The summed E-state index contributed by atoms with van der Waals surface area (Å²) in [4.78, 5) is 22.9. The number of aliphatic carboxylic acids is 1. The SMILES string of the molecule is CCCOc1ccc(C(=O)NC(CCC)CC(=O)O)cc1. The molecule has 0 saturated heterocycles. The number of amides is 1. The molecule has 0 spiro atoms. The lowest BCUT2D eigenvalue weighted by atomic mass is 10.1. The molecule has 1 amide bonds. The second-order valence-electron chi connectivity index (χ2n) is 4.93. The molecule has 0 aliphatic carbocycles. The van der Waals surface area contributed by atoms with Crippen molar-refractivity contribution >= 4 is 11.9 Å². The van der Waals surface area contributed by atoms with Gasteiger partial charge in [-0.3, -0.25) is 9.59 Å². The molecule has 0 aliphatic rings. The minimum Gasteiger partial charge on any atom is -0.494 e. The smallest absolute Gasteiger partial charge is 0.305 e. The Morgan fingerprint density at radius 2 is 1.86 bits per heavy atom. The van der Waals surface area contributed by atoms with Crippen molar-refractivity contribution in [3.63, 3.8) is 0 Å². The summed E-state index contributed by atoms with van der Waals surface area (Å²) in [5, 5.41) is 11.6. The van der Waals surface area contributed by atoms with E-state index < -0.39 is 5.97 Å². The van der Waals surface area contributed by atoms with E-state index in [1.807, 2.05) is 13.8 Å². The number of rotatable bonds is 9. The first kappa shape index (κ1) is 17.0. The van der Waals surface area contributed by atoms with Crippen LogP contribution in [0, 0.1) is 0 Å². The largest absolute Gasteiger partial charge is 0.494 e. The predicted molar refractivity (Wildman–Crippen MR) is 80.6 cm³/mol. The summed E-state index contributed by atoms with van der Waals surface area (Å²) in [6.45, 7) is 4.63. The van der Waals surface area contributed by atoms with E-state index in [4.69, 9.17) is 9.84 Å². The lowest BCUT2D eigenvalue weighted by Crippen LogP contribution is -2.36. The van der Waals surface area contributed by atoms with Gasteiger partial charge in [0.05, 0.1) is 13.0 Å². The topological polar surface area (TPSA) is 75.6 Å². The summed E-state index contributed by atoms with van der Waals surface area (Å²) in [5.41, 5.74) is 0.505. The standard InChI is InChI=1S/C16H23NO4/c1-3-5-13(11-15(18)19)17-16(20)12-6-8-14(9-7-12)21-10-4-2/h6-9,13H,3-5,10-11H2,1-2H3,(H,17,20)(H,18,19). The highest BCUT2D eigenvalue weighted by atomic mass is 16.5. The van der Waals surface area contributed by atoms with Crippen LogP contribution in [0.2, 0.25) is 0 Å². The highest BCUT2D eigenvalue weighted by Gasteiger charge is 2.16. The fraction of sp³-hybridized carbons (Fsp3) is 0.500. The number of benzene rings is 1. The molecular weight excluding hydrogens is 270 g/mol. The number of hydrogen-bond donors (Lipinski definition) is 2. The highest BCUT2D eigenvalue weighted by Crippen LogP contribution is 2.13. The normalized spacial score (nSPS) is 11.7. The van der Waals surface area contributed by atoms with E-state index in [-0.39, 0.29) is 18.4 Å². The third-order valence-electron chi connectivity index (χ3n) is 2.98. The van der Waals surface area contributed by atoms with Gasteiger partial charge in [-0.25, -0.2) is 0 Å². The zero-order valence-corrected chi connectivity index (χ0v) is 12.6. The fourth-order valence-corrected chi connectivity index (χ4v) is 1.98. The first-order valence-corrected chi connectivity index (χ1v) is 7.32. The Hall–Kier alpha value is -2.04. The maximum absolute atomic E-state index is 12.1. The van der Waals surface area contributed by atoms with Gasteiger partial charge in [-0.05, 0) is 37.1 Å².